The zero-order valence-electron chi connectivity index (χ0n) is 11.5. The zero-order chi connectivity index (χ0) is 14.4. The van der Waals surface area contributed by atoms with Gasteiger partial charge in [-0.1, -0.05) is 38.3 Å². The number of nitro groups is 1. The largest absolute Gasteiger partial charge is 0.366 e. The zero-order valence-corrected chi connectivity index (χ0v) is 12.3. The molecule has 1 aromatic rings. The van der Waals surface area contributed by atoms with Crippen LogP contribution in [0.15, 0.2) is 12.3 Å². The molecule has 0 aromatic carbocycles. The monoisotopic (exact) mass is 285 g/mol. The molecule has 0 spiro atoms. The molecule has 0 amide bonds. The molecular weight excluding hydrogens is 266 g/mol. The Balaban J connectivity index is 2.54. The molecule has 0 radical (unpaired) electrons. The molecule has 1 unspecified atom stereocenters. The highest BCUT2D eigenvalue weighted by Gasteiger charge is 2.12. The first-order valence-corrected chi connectivity index (χ1v) is 6.84. The summed E-state index contributed by atoms with van der Waals surface area (Å²) in [4.78, 5) is 14.1. The number of pyridine rings is 1. The van der Waals surface area contributed by atoms with Gasteiger partial charge >= 0.3 is 0 Å². The smallest absolute Gasteiger partial charge is 0.289 e. The molecule has 1 rings (SSSR count). The standard InChI is InChI=1S/C13H20ClN3O2/c1-9(2)5-4-6-10(3)16-13-12(14)7-11(8-15-13)17(18)19/h7-10H,4-6H2,1-3H3,(H,15,16). The Bertz CT molecular complexity index is 438. The second kappa shape index (κ2) is 7.28. The Hall–Kier alpha value is -1.36. The summed E-state index contributed by atoms with van der Waals surface area (Å²) < 4.78 is 0. The summed E-state index contributed by atoms with van der Waals surface area (Å²) in [5.74, 6) is 1.21. The van der Waals surface area contributed by atoms with Crippen molar-refractivity contribution < 1.29 is 4.92 Å². The lowest BCUT2D eigenvalue weighted by atomic mass is 10.0. The maximum atomic E-state index is 10.6. The summed E-state index contributed by atoms with van der Waals surface area (Å²) in [6.45, 7) is 6.46. The molecule has 1 atom stereocenters. The molecule has 0 aliphatic heterocycles. The van der Waals surface area contributed by atoms with Crippen LogP contribution in [-0.4, -0.2) is 15.9 Å². The molecule has 1 heterocycles. The second-order valence-corrected chi connectivity index (χ2v) is 5.56. The van der Waals surface area contributed by atoms with E-state index in [0.29, 0.717) is 11.7 Å². The Labute approximate surface area is 118 Å². The molecule has 0 aliphatic rings. The Kier molecular flexibility index (Phi) is 6.02. The maximum absolute atomic E-state index is 10.6. The molecule has 5 nitrogen and oxygen atoms in total. The van der Waals surface area contributed by atoms with Crippen LogP contribution in [0.4, 0.5) is 11.5 Å². The van der Waals surface area contributed by atoms with Crippen LogP contribution in [0.3, 0.4) is 0 Å². The third-order valence-corrected chi connectivity index (χ3v) is 3.13. The number of hydrogen-bond acceptors (Lipinski definition) is 4. The fraction of sp³-hybridized carbons (Fsp3) is 0.615. The van der Waals surface area contributed by atoms with Crippen molar-refractivity contribution in [1.82, 2.24) is 4.98 Å². The minimum Gasteiger partial charge on any atom is -0.366 e. The van der Waals surface area contributed by atoms with Crippen LogP contribution in [0.1, 0.15) is 40.0 Å². The van der Waals surface area contributed by atoms with Crippen LogP contribution >= 0.6 is 11.6 Å². The van der Waals surface area contributed by atoms with Crippen LogP contribution in [0.25, 0.3) is 0 Å². The summed E-state index contributed by atoms with van der Waals surface area (Å²) in [5, 5.41) is 14.0. The predicted octanol–water partition coefficient (Wildman–Crippen LogP) is 4.27. The topological polar surface area (TPSA) is 68.1 Å². The Morgan fingerprint density at radius 1 is 1.42 bits per heavy atom. The van der Waals surface area contributed by atoms with Crippen molar-refractivity contribution in [1.29, 1.82) is 0 Å². The van der Waals surface area contributed by atoms with Gasteiger partial charge in [0.2, 0.25) is 0 Å². The number of aromatic nitrogens is 1. The van der Waals surface area contributed by atoms with Gasteiger partial charge in [0.05, 0.1) is 9.95 Å². The molecule has 0 bridgehead atoms. The summed E-state index contributed by atoms with van der Waals surface area (Å²) in [7, 11) is 0. The Morgan fingerprint density at radius 3 is 2.63 bits per heavy atom. The lowest BCUT2D eigenvalue weighted by molar-refractivity contribution is -0.385. The summed E-state index contributed by atoms with van der Waals surface area (Å²) in [5.41, 5.74) is -0.0944. The van der Waals surface area contributed by atoms with Crippen molar-refractivity contribution in [2.24, 2.45) is 5.92 Å². The highest BCUT2D eigenvalue weighted by atomic mass is 35.5. The fourth-order valence-electron chi connectivity index (χ4n) is 1.77. The van der Waals surface area contributed by atoms with E-state index in [4.69, 9.17) is 11.6 Å². The SMILES string of the molecule is CC(C)CCCC(C)Nc1ncc([N+](=O)[O-])cc1Cl. The molecule has 6 heteroatoms. The van der Waals surface area contributed by atoms with Crippen molar-refractivity contribution in [3.8, 4) is 0 Å². The van der Waals surface area contributed by atoms with Crippen LogP contribution in [0, 0.1) is 16.0 Å². The van der Waals surface area contributed by atoms with Gasteiger partial charge in [-0.05, 0) is 19.3 Å². The number of nitrogens with zero attached hydrogens (tertiary/aromatic N) is 2. The van der Waals surface area contributed by atoms with E-state index in [1.54, 1.807) is 0 Å². The molecule has 0 fully saturated rings. The number of rotatable bonds is 7. The first kappa shape index (κ1) is 15.7. The van der Waals surface area contributed by atoms with Gasteiger partial charge < -0.3 is 5.32 Å². The van der Waals surface area contributed by atoms with Crippen LogP contribution in [0.2, 0.25) is 5.02 Å². The van der Waals surface area contributed by atoms with Crippen molar-refractivity contribution in [2.75, 3.05) is 5.32 Å². The third kappa shape index (κ3) is 5.42. The number of hydrogen-bond donors (Lipinski definition) is 1. The molecule has 0 saturated carbocycles. The lowest BCUT2D eigenvalue weighted by Crippen LogP contribution is -2.16. The molecular formula is C13H20ClN3O2. The molecule has 106 valence electrons. The average molecular weight is 286 g/mol. The average Bonchev–Trinajstić information content (AvgIpc) is 2.31. The van der Waals surface area contributed by atoms with Crippen molar-refractivity contribution in [3.05, 3.63) is 27.4 Å². The van der Waals surface area contributed by atoms with Gasteiger partial charge in [-0.2, -0.15) is 0 Å². The quantitative estimate of drug-likeness (QED) is 0.600. The van der Waals surface area contributed by atoms with Crippen LogP contribution in [-0.2, 0) is 0 Å². The molecule has 19 heavy (non-hydrogen) atoms. The molecule has 0 saturated heterocycles. The van der Waals surface area contributed by atoms with E-state index < -0.39 is 4.92 Å². The number of halogens is 1. The van der Waals surface area contributed by atoms with Crippen molar-refractivity contribution in [2.45, 2.75) is 46.1 Å². The van der Waals surface area contributed by atoms with E-state index in [9.17, 15) is 10.1 Å². The molecule has 0 aliphatic carbocycles. The van der Waals surface area contributed by atoms with Crippen LogP contribution < -0.4 is 5.32 Å². The normalized spacial score (nSPS) is 12.5. The van der Waals surface area contributed by atoms with Crippen LogP contribution in [0.5, 0.6) is 0 Å². The number of nitrogens with one attached hydrogen (secondary N) is 1. The van der Waals surface area contributed by atoms with Gasteiger partial charge in [0.1, 0.15) is 12.0 Å². The van der Waals surface area contributed by atoms with Gasteiger partial charge in [-0.3, -0.25) is 10.1 Å². The first-order valence-electron chi connectivity index (χ1n) is 6.46. The summed E-state index contributed by atoms with van der Waals surface area (Å²) in [6, 6.07) is 1.56. The second-order valence-electron chi connectivity index (χ2n) is 5.15. The Morgan fingerprint density at radius 2 is 2.11 bits per heavy atom. The van der Waals surface area contributed by atoms with Gasteiger partial charge in [-0.25, -0.2) is 4.98 Å². The number of anilines is 1. The van der Waals surface area contributed by atoms with E-state index in [-0.39, 0.29) is 16.8 Å². The fourth-order valence-corrected chi connectivity index (χ4v) is 1.99. The third-order valence-electron chi connectivity index (χ3n) is 2.84. The van der Waals surface area contributed by atoms with Crippen molar-refractivity contribution >= 4 is 23.1 Å². The van der Waals surface area contributed by atoms with Gasteiger partial charge in [0.15, 0.2) is 0 Å². The summed E-state index contributed by atoms with van der Waals surface area (Å²) in [6.07, 6.45) is 4.56. The highest BCUT2D eigenvalue weighted by molar-refractivity contribution is 6.33. The van der Waals surface area contributed by atoms with Gasteiger partial charge in [0, 0.05) is 12.1 Å². The molecule has 1 aromatic heterocycles. The van der Waals surface area contributed by atoms with E-state index >= 15 is 0 Å². The highest BCUT2D eigenvalue weighted by Crippen LogP contribution is 2.25. The maximum Gasteiger partial charge on any atom is 0.289 e. The minimum atomic E-state index is -0.505. The summed E-state index contributed by atoms with van der Waals surface area (Å²) >= 11 is 5.97. The molecule has 1 N–H and O–H groups in total. The van der Waals surface area contributed by atoms with Gasteiger partial charge in [0.25, 0.3) is 5.69 Å². The van der Waals surface area contributed by atoms with E-state index in [1.807, 2.05) is 0 Å². The lowest BCUT2D eigenvalue weighted by Gasteiger charge is -2.15. The van der Waals surface area contributed by atoms with E-state index in [0.717, 1.165) is 12.8 Å². The minimum absolute atomic E-state index is 0.0944. The van der Waals surface area contributed by atoms with E-state index in [1.165, 1.54) is 18.7 Å². The van der Waals surface area contributed by atoms with Gasteiger partial charge in [-0.15, -0.1) is 0 Å². The van der Waals surface area contributed by atoms with Crippen molar-refractivity contribution in [3.63, 3.8) is 0 Å². The predicted molar refractivity (Wildman–Crippen MR) is 77.7 cm³/mol. The van der Waals surface area contributed by atoms with E-state index in [2.05, 4.69) is 31.1 Å². The first-order chi connectivity index (χ1) is 8.90.